The van der Waals surface area contributed by atoms with Crippen molar-refractivity contribution < 1.29 is 4.79 Å². The van der Waals surface area contributed by atoms with Gasteiger partial charge in [-0.25, -0.2) is 0 Å². The van der Waals surface area contributed by atoms with E-state index in [0.717, 1.165) is 5.69 Å². The smallest absolute Gasteiger partial charge is 0.258 e. The summed E-state index contributed by atoms with van der Waals surface area (Å²) < 4.78 is 0. The van der Waals surface area contributed by atoms with Crippen LogP contribution in [0.15, 0.2) is 46.2 Å². The van der Waals surface area contributed by atoms with Crippen molar-refractivity contribution >= 4 is 23.4 Å². The van der Waals surface area contributed by atoms with E-state index in [4.69, 9.17) is 0 Å². The number of aromatic nitrogens is 1. The first-order valence-electron chi connectivity index (χ1n) is 5.76. The molecule has 0 bridgehead atoms. The number of aryl methyl sites for hydroxylation is 1. The minimum absolute atomic E-state index is 0.196. The molecule has 4 nitrogen and oxygen atoms in total. The second kappa shape index (κ2) is 5.75. The molecular formula is C14H14N2O2S. The third-order valence-electron chi connectivity index (χ3n) is 2.67. The SMILES string of the molecule is CSc1[nH]c(=O)cc(C)c1C(=O)Nc1ccccc1. The Hall–Kier alpha value is -2.01. The Balaban J connectivity index is 2.36. The van der Waals surface area contributed by atoms with Crippen molar-refractivity contribution in [3.8, 4) is 0 Å². The number of para-hydroxylation sites is 1. The molecule has 2 N–H and O–H groups in total. The van der Waals surface area contributed by atoms with Crippen molar-refractivity contribution in [3.05, 3.63) is 57.9 Å². The molecule has 2 aromatic rings. The van der Waals surface area contributed by atoms with Crippen molar-refractivity contribution in [3.63, 3.8) is 0 Å². The fraction of sp³-hybridized carbons (Fsp3) is 0.143. The first kappa shape index (κ1) is 13.4. The van der Waals surface area contributed by atoms with Gasteiger partial charge in [-0.2, -0.15) is 0 Å². The van der Waals surface area contributed by atoms with Gasteiger partial charge in [0.1, 0.15) is 0 Å². The van der Waals surface area contributed by atoms with Gasteiger partial charge in [-0.1, -0.05) is 18.2 Å². The number of rotatable bonds is 3. The summed E-state index contributed by atoms with van der Waals surface area (Å²) in [6, 6.07) is 10.7. The van der Waals surface area contributed by atoms with E-state index < -0.39 is 0 Å². The van der Waals surface area contributed by atoms with Gasteiger partial charge in [0.25, 0.3) is 5.91 Å². The summed E-state index contributed by atoms with van der Waals surface area (Å²) in [5.74, 6) is -0.218. The van der Waals surface area contributed by atoms with Gasteiger partial charge in [0, 0.05) is 11.8 Å². The predicted octanol–water partition coefficient (Wildman–Crippen LogP) is 2.66. The lowest BCUT2D eigenvalue weighted by atomic mass is 10.1. The molecule has 0 fully saturated rings. The number of thioether (sulfide) groups is 1. The highest BCUT2D eigenvalue weighted by Gasteiger charge is 2.15. The first-order valence-corrected chi connectivity index (χ1v) is 6.98. The number of aromatic amines is 1. The lowest BCUT2D eigenvalue weighted by Gasteiger charge is -2.10. The average molecular weight is 274 g/mol. The molecule has 0 radical (unpaired) electrons. The third kappa shape index (κ3) is 3.06. The fourth-order valence-electron chi connectivity index (χ4n) is 1.81. The van der Waals surface area contributed by atoms with Crippen LogP contribution in [-0.4, -0.2) is 17.1 Å². The molecule has 0 saturated carbocycles. The molecule has 2 rings (SSSR count). The van der Waals surface area contributed by atoms with Gasteiger partial charge in [-0.05, 0) is 30.9 Å². The zero-order valence-electron chi connectivity index (χ0n) is 10.7. The third-order valence-corrected chi connectivity index (χ3v) is 3.38. The standard InChI is InChI=1S/C14H14N2O2S/c1-9-8-11(17)16-14(19-2)12(9)13(18)15-10-6-4-3-5-7-10/h3-8H,1-2H3,(H,15,18)(H,16,17). The number of carbonyl (C=O) groups is 1. The Morgan fingerprint density at radius 3 is 2.58 bits per heavy atom. The quantitative estimate of drug-likeness (QED) is 0.846. The molecule has 5 heteroatoms. The maximum atomic E-state index is 12.3. The van der Waals surface area contributed by atoms with Gasteiger partial charge < -0.3 is 10.3 Å². The van der Waals surface area contributed by atoms with E-state index in [9.17, 15) is 9.59 Å². The number of nitrogens with one attached hydrogen (secondary N) is 2. The molecule has 1 aromatic carbocycles. The minimum Gasteiger partial charge on any atom is -0.322 e. The summed E-state index contributed by atoms with van der Waals surface area (Å²) in [5.41, 5.74) is 1.71. The zero-order valence-corrected chi connectivity index (χ0v) is 11.5. The molecule has 19 heavy (non-hydrogen) atoms. The molecule has 0 unspecified atom stereocenters. The Labute approximate surface area is 115 Å². The number of H-pyrrole nitrogens is 1. The van der Waals surface area contributed by atoms with Crippen molar-refractivity contribution in [2.24, 2.45) is 0 Å². The second-order valence-electron chi connectivity index (χ2n) is 4.04. The number of hydrogen-bond acceptors (Lipinski definition) is 3. The molecule has 98 valence electrons. The summed E-state index contributed by atoms with van der Waals surface area (Å²) >= 11 is 1.35. The van der Waals surface area contributed by atoms with Crippen LogP contribution in [0.4, 0.5) is 5.69 Å². The largest absolute Gasteiger partial charge is 0.322 e. The van der Waals surface area contributed by atoms with Crippen molar-refractivity contribution in [1.29, 1.82) is 0 Å². The van der Waals surface area contributed by atoms with Crippen LogP contribution < -0.4 is 10.9 Å². The van der Waals surface area contributed by atoms with E-state index in [-0.39, 0.29) is 11.5 Å². The van der Waals surface area contributed by atoms with E-state index in [0.29, 0.717) is 16.2 Å². The molecule has 0 saturated heterocycles. The Morgan fingerprint density at radius 1 is 1.26 bits per heavy atom. The van der Waals surface area contributed by atoms with E-state index in [1.165, 1.54) is 17.8 Å². The van der Waals surface area contributed by atoms with Crippen LogP contribution in [0.3, 0.4) is 0 Å². The molecule has 1 heterocycles. The summed E-state index contributed by atoms with van der Waals surface area (Å²) in [5, 5.41) is 3.40. The van der Waals surface area contributed by atoms with Crippen molar-refractivity contribution in [2.45, 2.75) is 11.9 Å². The molecule has 0 aliphatic carbocycles. The maximum Gasteiger partial charge on any atom is 0.258 e. The Morgan fingerprint density at radius 2 is 1.95 bits per heavy atom. The second-order valence-corrected chi connectivity index (χ2v) is 4.86. The summed E-state index contributed by atoms with van der Waals surface area (Å²) in [6.45, 7) is 1.76. The predicted molar refractivity (Wildman–Crippen MR) is 78.0 cm³/mol. The van der Waals surface area contributed by atoms with E-state index in [1.54, 1.807) is 6.92 Å². The van der Waals surface area contributed by atoms with Crippen LogP contribution in [0.1, 0.15) is 15.9 Å². The first-order chi connectivity index (χ1) is 9.11. The minimum atomic E-state index is -0.218. The lowest BCUT2D eigenvalue weighted by molar-refractivity contribution is 0.102. The topological polar surface area (TPSA) is 62.0 Å². The van der Waals surface area contributed by atoms with Crippen LogP contribution in [-0.2, 0) is 0 Å². The van der Waals surface area contributed by atoms with Gasteiger partial charge in [0.15, 0.2) is 0 Å². The number of carbonyl (C=O) groups excluding carboxylic acids is 1. The van der Waals surface area contributed by atoms with Gasteiger partial charge in [-0.3, -0.25) is 9.59 Å². The van der Waals surface area contributed by atoms with E-state index in [1.807, 2.05) is 36.6 Å². The Kier molecular flexibility index (Phi) is 4.06. The van der Waals surface area contributed by atoms with Gasteiger partial charge in [0.05, 0.1) is 10.6 Å². The molecule has 0 aliphatic heterocycles. The summed E-state index contributed by atoms with van der Waals surface area (Å²) in [6.07, 6.45) is 1.82. The molecule has 0 aliphatic rings. The summed E-state index contributed by atoms with van der Waals surface area (Å²) in [7, 11) is 0. The fourth-order valence-corrected chi connectivity index (χ4v) is 2.47. The highest BCUT2D eigenvalue weighted by molar-refractivity contribution is 7.98. The zero-order chi connectivity index (χ0) is 13.8. The van der Waals surface area contributed by atoms with Crippen LogP contribution in [0.25, 0.3) is 0 Å². The molecule has 0 spiro atoms. The number of amides is 1. The van der Waals surface area contributed by atoms with Crippen LogP contribution in [0.5, 0.6) is 0 Å². The van der Waals surface area contributed by atoms with Crippen LogP contribution in [0.2, 0.25) is 0 Å². The molecule has 1 amide bonds. The highest BCUT2D eigenvalue weighted by Crippen LogP contribution is 2.20. The Bertz CT molecular complexity index is 650. The van der Waals surface area contributed by atoms with Gasteiger partial charge >= 0.3 is 0 Å². The normalized spacial score (nSPS) is 10.2. The number of benzene rings is 1. The van der Waals surface area contributed by atoms with Crippen molar-refractivity contribution in [2.75, 3.05) is 11.6 Å². The summed E-state index contributed by atoms with van der Waals surface area (Å²) in [4.78, 5) is 26.4. The molecular weight excluding hydrogens is 260 g/mol. The van der Waals surface area contributed by atoms with Crippen LogP contribution >= 0.6 is 11.8 Å². The number of pyridine rings is 1. The average Bonchev–Trinajstić information content (AvgIpc) is 2.38. The highest BCUT2D eigenvalue weighted by atomic mass is 32.2. The number of anilines is 1. The van der Waals surface area contributed by atoms with Gasteiger partial charge in [0.2, 0.25) is 5.56 Å². The number of hydrogen-bond donors (Lipinski definition) is 2. The molecule has 1 aromatic heterocycles. The van der Waals surface area contributed by atoms with Crippen LogP contribution in [0, 0.1) is 6.92 Å². The monoisotopic (exact) mass is 274 g/mol. The van der Waals surface area contributed by atoms with Gasteiger partial charge in [-0.15, -0.1) is 11.8 Å². The maximum absolute atomic E-state index is 12.3. The molecule has 0 atom stereocenters. The lowest BCUT2D eigenvalue weighted by Crippen LogP contribution is -2.19. The van der Waals surface area contributed by atoms with E-state index >= 15 is 0 Å². The van der Waals surface area contributed by atoms with Crippen molar-refractivity contribution in [1.82, 2.24) is 4.98 Å². The van der Waals surface area contributed by atoms with E-state index in [2.05, 4.69) is 10.3 Å².